The second kappa shape index (κ2) is 14.7. The van der Waals surface area contributed by atoms with Crippen molar-refractivity contribution in [3.63, 3.8) is 0 Å². The molecule has 0 saturated carbocycles. The van der Waals surface area contributed by atoms with Gasteiger partial charge in [0.25, 0.3) is 5.92 Å². The molecular formula is C39H32F7N9O4S2. The van der Waals surface area contributed by atoms with Crippen molar-refractivity contribution in [3.8, 4) is 11.1 Å². The number of aryl methyl sites for hydroxylation is 1. The molecule has 3 atom stereocenters. The predicted molar refractivity (Wildman–Crippen MR) is 210 cm³/mol. The fourth-order valence-electron chi connectivity index (χ4n) is 8.29. The summed E-state index contributed by atoms with van der Waals surface area (Å²) in [5, 5.41) is 11.6. The smallest absolute Gasteiger partial charge is 0.378 e. The molecule has 13 nitrogen and oxygen atoms in total. The van der Waals surface area contributed by atoms with E-state index in [9.17, 15) is 35.2 Å². The summed E-state index contributed by atoms with van der Waals surface area (Å²) < 4.78 is 139. The number of allylic oxidation sites excluding steroid dienone is 1. The highest BCUT2D eigenvalue weighted by Crippen LogP contribution is 2.58. The lowest BCUT2D eigenvalue weighted by molar-refractivity contribution is -0.142. The van der Waals surface area contributed by atoms with E-state index in [1.165, 1.54) is 16.0 Å². The lowest BCUT2D eigenvalue weighted by Crippen LogP contribution is -2.36. The molecule has 4 aromatic heterocycles. The van der Waals surface area contributed by atoms with Crippen molar-refractivity contribution in [3.05, 3.63) is 100 Å². The number of nitrogens with one attached hydrogen (secondary N) is 2. The van der Waals surface area contributed by atoms with E-state index in [0.717, 1.165) is 30.5 Å². The number of anilines is 2. The Morgan fingerprint density at radius 2 is 1.79 bits per heavy atom. The van der Waals surface area contributed by atoms with Crippen molar-refractivity contribution in [2.75, 3.05) is 42.2 Å². The van der Waals surface area contributed by atoms with Gasteiger partial charge < -0.3 is 15.0 Å². The number of benzene rings is 2. The highest BCUT2D eigenvalue weighted by Gasteiger charge is 2.60. The number of halogens is 7. The van der Waals surface area contributed by atoms with Gasteiger partial charge >= 0.3 is 6.18 Å². The zero-order chi connectivity index (χ0) is 43.2. The van der Waals surface area contributed by atoms with Gasteiger partial charge in [-0.15, -0.1) is 5.73 Å². The highest BCUT2D eigenvalue weighted by atomic mass is 32.2. The van der Waals surface area contributed by atoms with Gasteiger partial charge in [-0.3, -0.25) is 18.9 Å². The number of fused-ring (bicyclic) bond motifs is 5. The first-order valence-corrected chi connectivity index (χ1v) is 21.4. The van der Waals surface area contributed by atoms with Crippen molar-refractivity contribution >= 4 is 59.5 Å². The summed E-state index contributed by atoms with van der Waals surface area (Å²) in [6.45, 7) is 0.883. The maximum absolute atomic E-state index is 15.9. The zero-order valence-electron chi connectivity index (χ0n) is 31.9. The third-order valence-electron chi connectivity index (χ3n) is 10.7. The van der Waals surface area contributed by atoms with Crippen LogP contribution in [0.3, 0.4) is 0 Å². The minimum absolute atomic E-state index is 0.0156. The summed E-state index contributed by atoms with van der Waals surface area (Å²) in [7, 11) is -2.21. The Hall–Kier alpha value is -5.83. The Balaban J connectivity index is 1.20. The van der Waals surface area contributed by atoms with Gasteiger partial charge in [0, 0.05) is 54.2 Å². The number of rotatable bonds is 10. The summed E-state index contributed by atoms with van der Waals surface area (Å²) in [6, 6.07) is 8.08. The fourth-order valence-corrected chi connectivity index (χ4v) is 9.79. The van der Waals surface area contributed by atoms with Gasteiger partial charge in [-0.05, 0) is 48.4 Å². The molecule has 1 fully saturated rings. The number of hydrogen-bond donors (Lipinski definition) is 2. The minimum atomic E-state index is -5.14. The third kappa shape index (κ3) is 7.40. The van der Waals surface area contributed by atoms with Gasteiger partial charge in [-0.1, -0.05) is 23.5 Å². The van der Waals surface area contributed by atoms with Crippen molar-refractivity contribution in [1.29, 1.82) is 0 Å². The Kier molecular flexibility index (Phi) is 9.76. The quantitative estimate of drug-likeness (QED) is 0.115. The number of alkyl halides is 5. The van der Waals surface area contributed by atoms with Gasteiger partial charge in [-0.2, -0.15) is 37.1 Å². The molecule has 1 amide bonds. The molecule has 61 heavy (non-hydrogen) atoms. The molecule has 0 radical (unpaired) electrons. The number of carbonyl (C=O) groups is 1. The number of amides is 1. The van der Waals surface area contributed by atoms with Gasteiger partial charge in [0.05, 0.1) is 47.3 Å². The van der Waals surface area contributed by atoms with Crippen LogP contribution < -0.4 is 14.9 Å². The van der Waals surface area contributed by atoms with Crippen molar-refractivity contribution < 1.29 is 48.7 Å². The van der Waals surface area contributed by atoms with Gasteiger partial charge in [-0.25, -0.2) is 22.2 Å². The lowest BCUT2D eigenvalue weighted by atomic mass is 9.94. The number of hydrogen-bond acceptors (Lipinski definition) is 10. The molecule has 0 spiro atoms. The summed E-state index contributed by atoms with van der Waals surface area (Å²) in [6.07, 6.45) is -2.40. The molecule has 0 bridgehead atoms. The summed E-state index contributed by atoms with van der Waals surface area (Å²) in [5.74, 6) is -9.80. The Morgan fingerprint density at radius 1 is 1.05 bits per heavy atom. The number of morpholine rings is 1. The standard InChI is InChI=1S/C39H32F7N9O4S2/c1-53-32-22(5-3-7-24(32)35(51-53)52-61(2,57)58)25-17-28-36(49-37(60-28)54-9-11-59-12-10-54)48-31(25)27(15-19-13-20(40)16-21(41)14-19)47-29(56)18-55-34-30(33(50-55)39(44,45)46)23-6-4-8-26(23)38(34,42)43/h3,5-8,13-14,16-17,23,26-27H,9-12,15,18H2,1-2H3,(H,47,56)(H,51,52)/t23-,26+,27-/m0/s1. The van der Waals surface area contributed by atoms with E-state index < -0.39 is 81.0 Å². The van der Waals surface area contributed by atoms with E-state index in [4.69, 9.17) is 14.7 Å². The number of para-hydroxylation sites is 1. The molecule has 0 unspecified atom stereocenters. The maximum Gasteiger partial charge on any atom is 0.435 e. The monoisotopic (exact) mass is 887 g/mol. The number of pyridine rings is 1. The van der Waals surface area contributed by atoms with E-state index in [2.05, 4.69) is 26.0 Å². The van der Waals surface area contributed by atoms with Crippen molar-refractivity contribution in [1.82, 2.24) is 34.8 Å². The molecule has 1 aliphatic heterocycles. The van der Waals surface area contributed by atoms with E-state index in [0.29, 0.717) is 68.9 Å². The topological polar surface area (TPSA) is 149 Å². The van der Waals surface area contributed by atoms with Crippen LogP contribution in [-0.2, 0) is 51.7 Å². The molecule has 9 rings (SSSR count). The first-order chi connectivity index (χ1) is 28.9. The van der Waals surface area contributed by atoms with Crippen LogP contribution in [0, 0.1) is 17.6 Å². The first kappa shape index (κ1) is 40.6. The number of aromatic nitrogens is 6. The molecular weight excluding hydrogens is 856 g/mol. The van der Waals surface area contributed by atoms with E-state index >= 15 is 8.78 Å². The Labute approximate surface area is 345 Å². The Morgan fingerprint density at radius 3 is 2.49 bits per heavy atom. The lowest BCUT2D eigenvalue weighted by Gasteiger charge is -2.25. The summed E-state index contributed by atoms with van der Waals surface area (Å²) in [5.41, 5.74) is 0.649. The zero-order valence-corrected chi connectivity index (χ0v) is 33.5. The molecule has 2 aliphatic carbocycles. The van der Waals surface area contributed by atoms with Crippen LogP contribution in [-0.4, -0.2) is 76.4 Å². The largest absolute Gasteiger partial charge is 0.435 e. The highest BCUT2D eigenvalue weighted by molar-refractivity contribution is 7.92. The average molecular weight is 888 g/mol. The first-order valence-electron chi connectivity index (χ1n) is 18.7. The SMILES string of the molecule is Cn1nc(NS(C)(=O)=O)c2cccc(-c3cc4sc(N5CCOCC5)nc4nc3[C@H](Cc3cc(F)cc(F)c3)NC(=O)Cn3nc(C(F)(F)F)c4c3C(F)(F)[C@@H]3C=C=C[C@H]43)c21. The van der Waals surface area contributed by atoms with Crippen LogP contribution in [0.4, 0.5) is 41.7 Å². The number of thiazole rings is 1. The molecule has 2 aromatic carbocycles. The molecule has 2 N–H and O–H groups in total. The summed E-state index contributed by atoms with van der Waals surface area (Å²) in [4.78, 5) is 25.8. The van der Waals surface area contributed by atoms with Gasteiger partial charge in [0.15, 0.2) is 22.3 Å². The minimum Gasteiger partial charge on any atom is -0.378 e. The van der Waals surface area contributed by atoms with Crippen LogP contribution in [0.15, 0.2) is 60.3 Å². The summed E-state index contributed by atoms with van der Waals surface area (Å²) >= 11 is 1.31. The van der Waals surface area contributed by atoms with Crippen LogP contribution >= 0.6 is 11.3 Å². The number of nitrogens with zero attached hydrogens (tertiary/aromatic N) is 7. The van der Waals surface area contributed by atoms with Crippen LogP contribution in [0.25, 0.3) is 32.4 Å². The van der Waals surface area contributed by atoms with E-state index in [1.807, 2.05) is 4.90 Å². The van der Waals surface area contributed by atoms with Gasteiger partial charge in [0.2, 0.25) is 15.9 Å². The van der Waals surface area contributed by atoms with Crippen LogP contribution in [0.2, 0.25) is 0 Å². The van der Waals surface area contributed by atoms with E-state index in [-0.39, 0.29) is 29.1 Å². The van der Waals surface area contributed by atoms with Crippen LogP contribution in [0.1, 0.15) is 40.2 Å². The molecule has 6 aromatic rings. The number of carbonyl (C=O) groups excluding carboxylic acids is 1. The van der Waals surface area contributed by atoms with Crippen LogP contribution in [0.5, 0.6) is 0 Å². The number of ether oxygens (including phenoxy) is 1. The van der Waals surface area contributed by atoms with Crippen molar-refractivity contribution in [2.24, 2.45) is 13.0 Å². The van der Waals surface area contributed by atoms with Gasteiger partial charge in [0.1, 0.15) is 23.9 Å². The third-order valence-corrected chi connectivity index (χ3v) is 12.3. The molecule has 3 aliphatic rings. The van der Waals surface area contributed by atoms with Crippen molar-refractivity contribution in [2.45, 2.75) is 37.0 Å². The molecule has 1 saturated heterocycles. The van der Waals surface area contributed by atoms with E-state index in [1.54, 1.807) is 31.3 Å². The normalized spacial score (nSPS) is 18.9. The molecule has 5 heterocycles. The Bertz CT molecular complexity index is 2930. The fraction of sp³-hybridized carbons (Fsp3) is 0.333. The second-order valence-electron chi connectivity index (χ2n) is 14.9. The predicted octanol–water partition coefficient (Wildman–Crippen LogP) is 6.58. The number of sulfonamides is 1. The molecule has 318 valence electrons. The molecule has 22 heteroatoms. The maximum atomic E-state index is 15.9. The second-order valence-corrected chi connectivity index (χ2v) is 17.7. The average Bonchev–Trinajstić information content (AvgIpc) is 4.00.